The molecule has 9 aromatic carbocycles. The Bertz CT molecular complexity index is 3860. The van der Waals surface area contributed by atoms with Crippen molar-refractivity contribution in [2.75, 3.05) is 0 Å². The number of furan rings is 1. The predicted octanol–water partition coefficient (Wildman–Crippen LogP) is 16.4. The van der Waals surface area contributed by atoms with E-state index in [4.69, 9.17) is 19.4 Å². The van der Waals surface area contributed by atoms with Crippen LogP contribution in [-0.2, 0) is 5.41 Å². The Kier molecular flexibility index (Phi) is 8.39. The molecule has 0 atom stereocenters. The van der Waals surface area contributed by atoms with Crippen LogP contribution >= 0.6 is 11.3 Å². The number of rotatable bonds is 6. The maximum absolute atomic E-state index is 6.93. The first-order chi connectivity index (χ1) is 32.0. The second-order valence-electron chi connectivity index (χ2n) is 17.4. The van der Waals surface area contributed by atoms with Gasteiger partial charge >= 0.3 is 0 Å². The number of para-hydroxylation sites is 1. The summed E-state index contributed by atoms with van der Waals surface area (Å²) in [6, 6.07) is 71.1. The lowest BCUT2D eigenvalue weighted by Crippen LogP contribution is -2.14. The van der Waals surface area contributed by atoms with Crippen molar-refractivity contribution >= 4 is 53.4 Å². The van der Waals surface area contributed by atoms with Crippen molar-refractivity contribution in [2.24, 2.45) is 0 Å². The molecule has 13 rings (SSSR count). The summed E-state index contributed by atoms with van der Waals surface area (Å²) < 4.78 is 9.30. The molecule has 0 radical (unpaired) electrons. The van der Waals surface area contributed by atoms with Crippen molar-refractivity contribution < 1.29 is 4.42 Å². The highest BCUT2D eigenvalue weighted by atomic mass is 32.1. The minimum Gasteiger partial charge on any atom is -0.455 e. The van der Waals surface area contributed by atoms with Crippen molar-refractivity contribution in [3.8, 4) is 78.7 Å². The summed E-state index contributed by atoms with van der Waals surface area (Å²) in [6.07, 6.45) is 0. The van der Waals surface area contributed by atoms with Crippen molar-refractivity contribution in [3.05, 3.63) is 211 Å². The quantitative estimate of drug-likeness (QED) is 0.167. The lowest BCUT2D eigenvalue weighted by molar-refractivity contribution is 0.660. The van der Waals surface area contributed by atoms with Gasteiger partial charge in [0.15, 0.2) is 17.5 Å². The molecule has 0 unspecified atom stereocenters. The smallest absolute Gasteiger partial charge is 0.167 e. The maximum atomic E-state index is 6.93. The molecule has 12 aromatic rings. The molecule has 306 valence electrons. The Labute approximate surface area is 380 Å². The lowest BCUT2D eigenvalue weighted by Gasteiger charge is -2.21. The Morgan fingerprint density at radius 1 is 0.369 bits per heavy atom. The Hall–Kier alpha value is -7.99. The first kappa shape index (κ1) is 37.6. The summed E-state index contributed by atoms with van der Waals surface area (Å²) in [4.78, 5) is 15.8. The predicted molar refractivity (Wildman–Crippen MR) is 270 cm³/mol. The van der Waals surface area contributed by atoms with Crippen LogP contribution < -0.4 is 0 Å². The van der Waals surface area contributed by atoms with Gasteiger partial charge in [0.2, 0.25) is 0 Å². The van der Waals surface area contributed by atoms with Gasteiger partial charge in [-0.3, -0.25) is 0 Å². The van der Waals surface area contributed by atoms with Crippen LogP contribution in [0, 0.1) is 0 Å². The average molecular weight is 850 g/mol. The van der Waals surface area contributed by atoms with Crippen LogP contribution in [0.25, 0.3) is 121 Å². The molecule has 0 amide bonds. The average Bonchev–Trinajstić information content (AvgIpc) is 4.02. The molecule has 4 nitrogen and oxygen atoms in total. The van der Waals surface area contributed by atoms with E-state index in [-0.39, 0.29) is 5.41 Å². The van der Waals surface area contributed by atoms with E-state index in [0.717, 1.165) is 48.9 Å². The summed E-state index contributed by atoms with van der Waals surface area (Å²) in [7, 11) is 0. The van der Waals surface area contributed by atoms with E-state index in [2.05, 4.69) is 196 Å². The Morgan fingerprint density at radius 3 is 1.68 bits per heavy atom. The zero-order chi connectivity index (χ0) is 43.2. The molecule has 5 heteroatoms. The van der Waals surface area contributed by atoms with Crippen molar-refractivity contribution in [1.29, 1.82) is 0 Å². The normalized spacial score (nSPS) is 12.9. The van der Waals surface area contributed by atoms with E-state index >= 15 is 0 Å². The van der Waals surface area contributed by atoms with Gasteiger partial charge in [0.25, 0.3) is 0 Å². The molecule has 0 N–H and O–H groups in total. The van der Waals surface area contributed by atoms with Crippen LogP contribution in [0.3, 0.4) is 0 Å². The first-order valence-corrected chi connectivity index (χ1v) is 22.9. The van der Waals surface area contributed by atoms with Gasteiger partial charge in [-0.15, -0.1) is 11.3 Å². The highest BCUT2D eigenvalue weighted by Gasteiger charge is 2.36. The summed E-state index contributed by atoms with van der Waals surface area (Å²) in [5.74, 6) is 1.79. The second kappa shape index (κ2) is 14.5. The van der Waals surface area contributed by atoms with Crippen LogP contribution in [0.5, 0.6) is 0 Å². The van der Waals surface area contributed by atoms with E-state index < -0.39 is 0 Å². The van der Waals surface area contributed by atoms with E-state index in [1.807, 2.05) is 18.2 Å². The number of thiophene rings is 1. The van der Waals surface area contributed by atoms with E-state index in [9.17, 15) is 0 Å². The fourth-order valence-corrected chi connectivity index (χ4v) is 11.6. The van der Waals surface area contributed by atoms with Gasteiger partial charge in [-0.1, -0.05) is 190 Å². The van der Waals surface area contributed by atoms with Gasteiger partial charge in [-0.25, -0.2) is 15.0 Å². The SMILES string of the molecule is CC1(C)c2ccccc2-c2c(-c3ccc4c(c3)oc3c(-c5nc(-c6ccccc6)nc(-c6cccc7c6sc6c(-c8ccccc8-c8ccccc8)cccc67)n5)cccc34)cccc21. The third-order valence-electron chi connectivity index (χ3n) is 13.4. The van der Waals surface area contributed by atoms with Crippen molar-refractivity contribution in [2.45, 2.75) is 19.3 Å². The van der Waals surface area contributed by atoms with Gasteiger partial charge in [-0.05, 0) is 74.3 Å². The largest absolute Gasteiger partial charge is 0.455 e. The highest BCUT2D eigenvalue weighted by Crippen LogP contribution is 2.52. The standard InChI is InChI=1S/C60H39N3OS/c1-60(2)50-31-12-11-23-47(50)53-40(24-16-32-51(53)60)38-33-34-42-43-25-13-29-48(54(43)64-52(42)35-38)58-61-57(37-19-7-4-8-20-37)62-59(63-58)49-30-15-28-46-45-27-14-26-44(55(45)65-56(46)49)41-22-10-9-21-39(41)36-17-5-3-6-18-36/h3-35H,1-2H3. The van der Waals surface area contributed by atoms with Crippen LogP contribution in [-0.4, -0.2) is 15.0 Å². The zero-order valence-corrected chi connectivity index (χ0v) is 36.5. The number of aromatic nitrogens is 3. The fourth-order valence-electron chi connectivity index (χ4n) is 10.3. The van der Waals surface area contributed by atoms with E-state index in [1.54, 1.807) is 11.3 Å². The Morgan fingerprint density at radius 2 is 0.908 bits per heavy atom. The molecular formula is C60H39N3OS. The summed E-state index contributed by atoms with van der Waals surface area (Å²) in [5.41, 5.74) is 16.7. The topological polar surface area (TPSA) is 51.8 Å². The number of hydrogen-bond acceptors (Lipinski definition) is 5. The van der Waals surface area contributed by atoms with Crippen LogP contribution in [0.2, 0.25) is 0 Å². The van der Waals surface area contributed by atoms with Gasteiger partial charge in [0, 0.05) is 53.1 Å². The Balaban J connectivity index is 0.978. The minimum absolute atomic E-state index is 0.0809. The third kappa shape index (κ3) is 5.86. The highest BCUT2D eigenvalue weighted by molar-refractivity contribution is 7.26. The molecule has 65 heavy (non-hydrogen) atoms. The first-order valence-electron chi connectivity index (χ1n) is 22.1. The number of nitrogens with zero attached hydrogens (tertiary/aromatic N) is 3. The molecule has 3 heterocycles. The van der Waals surface area contributed by atoms with Crippen LogP contribution in [0.4, 0.5) is 0 Å². The van der Waals surface area contributed by atoms with E-state index in [0.29, 0.717) is 17.5 Å². The fraction of sp³-hybridized carbons (Fsp3) is 0.0500. The van der Waals surface area contributed by atoms with Gasteiger partial charge in [0.05, 0.1) is 5.56 Å². The molecule has 0 spiro atoms. The molecule has 0 fully saturated rings. The minimum atomic E-state index is -0.0809. The molecule has 0 aliphatic heterocycles. The van der Waals surface area contributed by atoms with E-state index in [1.165, 1.54) is 65.5 Å². The summed E-state index contributed by atoms with van der Waals surface area (Å²) in [6.45, 7) is 4.65. The zero-order valence-electron chi connectivity index (χ0n) is 35.7. The second-order valence-corrected chi connectivity index (χ2v) is 18.5. The van der Waals surface area contributed by atoms with Gasteiger partial charge in [-0.2, -0.15) is 0 Å². The molecule has 3 aromatic heterocycles. The van der Waals surface area contributed by atoms with Crippen molar-refractivity contribution in [1.82, 2.24) is 15.0 Å². The van der Waals surface area contributed by atoms with Crippen molar-refractivity contribution in [3.63, 3.8) is 0 Å². The lowest BCUT2D eigenvalue weighted by atomic mass is 9.82. The summed E-state index contributed by atoms with van der Waals surface area (Å²) >= 11 is 1.80. The van der Waals surface area contributed by atoms with Crippen LogP contribution in [0.15, 0.2) is 205 Å². The molecule has 1 aliphatic rings. The maximum Gasteiger partial charge on any atom is 0.167 e. The molecular weight excluding hydrogens is 811 g/mol. The summed E-state index contributed by atoms with van der Waals surface area (Å²) in [5, 5.41) is 4.46. The molecule has 0 saturated carbocycles. The van der Waals surface area contributed by atoms with Crippen LogP contribution in [0.1, 0.15) is 25.0 Å². The number of hydrogen-bond donors (Lipinski definition) is 0. The molecule has 0 bridgehead atoms. The van der Waals surface area contributed by atoms with Gasteiger partial charge < -0.3 is 4.42 Å². The third-order valence-corrected chi connectivity index (χ3v) is 14.7. The molecule has 0 saturated heterocycles. The number of fused-ring (bicyclic) bond motifs is 9. The number of benzene rings is 9. The molecule has 1 aliphatic carbocycles. The monoisotopic (exact) mass is 849 g/mol. The van der Waals surface area contributed by atoms with Gasteiger partial charge in [0.1, 0.15) is 11.2 Å².